The molecule has 2 aliphatic heterocycles. The molecule has 1 amide bonds. The van der Waals surface area contributed by atoms with Crippen molar-refractivity contribution in [1.29, 1.82) is 10.5 Å². The molecular weight excluding hydrogens is 342 g/mol. The predicted molar refractivity (Wildman–Crippen MR) is 97.1 cm³/mol. The number of amides is 1. The van der Waals surface area contributed by atoms with Crippen LogP contribution in [0.15, 0.2) is 36.7 Å². The molecular formula is C19H17N7O. The molecule has 1 aromatic heterocycles. The largest absolute Gasteiger partial charge is 0.307 e. The van der Waals surface area contributed by atoms with Crippen molar-refractivity contribution in [3.63, 3.8) is 0 Å². The summed E-state index contributed by atoms with van der Waals surface area (Å²) in [6.45, 7) is 3.09. The first-order valence-electron chi connectivity index (χ1n) is 8.72. The van der Waals surface area contributed by atoms with E-state index in [0.717, 1.165) is 12.1 Å². The van der Waals surface area contributed by atoms with Crippen LogP contribution in [-0.4, -0.2) is 64.4 Å². The molecule has 1 unspecified atom stereocenters. The van der Waals surface area contributed by atoms with Crippen LogP contribution in [0.1, 0.15) is 5.56 Å². The number of hydrogen-bond donors (Lipinski definition) is 0. The van der Waals surface area contributed by atoms with Crippen molar-refractivity contribution < 1.29 is 4.79 Å². The van der Waals surface area contributed by atoms with E-state index in [4.69, 9.17) is 10.5 Å². The molecule has 2 saturated heterocycles. The van der Waals surface area contributed by atoms with Gasteiger partial charge in [0.1, 0.15) is 18.2 Å². The minimum absolute atomic E-state index is 0.0448. The summed E-state index contributed by atoms with van der Waals surface area (Å²) in [7, 11) is 0. The number of benzene rings is 1. The molecule has 2 aliphatic rings. The van der Waals surface area contributed by atoms with Gasteiger partial charge in [0.25, 0.3) is 0 Å². The van der Waals surface area contributed by atoms with Crippen molar-refractivity contribution in [3.8, 4) is 23.5 Å². The summed E-state index contributed by atoms with van der Waals surface area (Å²) in [4.78, 5) is 27.0. The van der Waals surface area contributed by atoms with Gasteiger partial charge in [-0.15, -0.1) is 0 Å². The van der Waals surface area contributed by atoms with Gasteiger partial charge >= 0.3 is 0 Å². The molecule has 1 aromatic carbocycles. The van der Waals surface area contributed by atoms with Crippen LogP contribution in [-0.2, 0) is 4.79 Å². The smallest absolute Gasteiger partial charge is 0.247 e. The first-order valence-corrected chi connectivity index (χ1v) is 8.72. The summed E-state index contributed by atoms with van der Waals surface area (Å²) in [5.74, 6) is 0.498. The third-order valence-corrected chi connectivity index (χ3v) is 5.01. The second-order valence-electron chi connectivity index (χ2n) is 6.54. The molecule has 0 bridgehead atoms. The highest BCUT2D eigenvalue weighted by Crippen LogP contribution is 2.25. The van der Waals surface area contributed by atoms with Gasteiger partial charge in [-0.2, -0.15) is 10.5 Å². The van der Waals surface area contributed by atoms with Gasteiger partial charge in [0.05, 0.1) is 23.9 Å². The number of anilines is 1. The van der Waals surface area contributed by atoms with Gasteiger partial charge in [-0.1, -0.05) is 12.1 Å². The van der Waals surface area contributed by atoms with E-state index < -0.39 is 0 Å². The number of nitrogens with zero attached hydrogens (tertiary/aromatic N) is 7. The quantitative estimate of drug-likeness (QED) is 0.732. The molecule has 8 heteroatoms. The van der Waals surface area contributed by atoms with Crippen LogP contribution in [0.3, 0.4) is 0 Å². The van der Waals surface area contributed by atoms with E-state index in [1.165, 1.54) is 6.33 Å². The average molecular weight is 359 g/mol. The molecule has 1 atom stereocenters. The lowest BCUT2D eigenvalue weighted by Crippen LogP contribution is -2.64. The standard InChI is InChI=1S/C19H17N7O/c20-10-14-2-1-3-15(8-14)16-9-18(23-13-22-16)26-7-6-25-5-4-24(12-21)11-17(25)19(26)27/h1-3,8-9,13,17H,4-7,11H2. The molecule has 8 nitrogen and oxygen atoms in total. The second kappa shape index (κ2) is 7.02. The Balaban J connectivity index is 1.61. The molecule has 2 fully saturated rings. The molecule has 134 valence electrons. The van der Waals surface area contributed by atoms with Crippen molar-refractivity contribution in [2.24, 2.45) is 0 Å². The van der Waals surface area contributed by atoms with Gasteiger partial charge in [-0.05, 0) is 12.1 Å². The fourth-order valence-electron chi connectivity index (χ4n) is 3.56. The lowest BCUT2D eigenvalue weighted by molar-refractivity contribution is -0.127. The maximum Gasteiger partial charge on any atom is 0.247 e. The summed E-state index contributed by atoms with van der Waals surface area (Å²) in [6, 6.07) is 10.7. The predicted octanol–water partition coefficient (Wildman–Crippen LogP) is 0.829. The Morgan fingerprint density at radius 2 is 1.93 bits per heavy atom. The van der Waals surface area contributed by atoms with E-state index in [9.17, 15) is 4.79 Å². The summed E-state index contributed by atoms with van der Waals surface area (Å²) >= 11 is 0. The van der Waals surface area contributed by atoms with Crippen LogP contribution in [0.5, 0.6) is 0 Å². The maximum absolute atomic E-state index is 13.0. The Morgan fingerprint density at radius 3 is 2.74 bits per heavy atom. The Kier molecular flexibility index (Phi) is 4.41. The van der Waals surface area contributed by atoms with Gasteiger partial charge in [0.2, 0.25) is 5.91 Å². The van der Waals surface area contributed by atoms with Crippen LogP contribution in [0, 0.1) is 22.8 Å². The molecule has 0 aliphatic carbocycles. The molecule has 0 saturated carbocycles. The normalized spacial score (nSPS) is 19.9. The Morgan fingerprint density at radius 1 is 1.07 bits per heavy atom. The van der Waals surface area contributed by atoms with Crippen LogP contribution < -0.4 is 4.90 Å². The fraction of sp³-hybridized carbons (Fsp3) is 0.316. The highest BCUT2D eigenvalue weighted by molar-refractivity contribution is 5.97. The van der Waals surface area contributed by atoms with Crippen LogP contribution >= 0.6 is 0 Å². The summed E-state index contributed by atoms with van der Waals surface area (Å²) in [5.41, 5.74) is 2.02. The highest BCUT2D eigenvalue weighted by Gasteiger charge is 2.39. The first-order chi connectivity index (χ1) is 13.2. The minimum Gasteiger partial charge on any atom is -0.307 e. The number of nitriles is 2. The number of piperazine rings is 2. The number of hydrogen-bond acceptors (Lipinski definition) is 7. The van der Waals surface area contributed by atoms with E-state index in [1.54, 1.807) is 34.1 Å². The molecule has 0 radical (unpaired) electrons. The minimum atomic E-state index is -0.326. The third kappa shape index (κ3) is 3.19. The summed E-state index contributed by atoms with van der Waals surface area (Å²) in [6.07, 6.45) is 3.57. The molecule has 4 rings (SSSR count). The van der Waals surface area contributed by atoms with E-state index in [-0.39, 0.29) is 11.9 Å². The van der Waals surface area contributed by atoms with Crippen LogP contribution in [0.2, 0.25) is 0 Å². The lowest BCUT2D eigenvalue weighted by Gasteiger charge is -2.44. The number of carbonyl (C=O) groups is 1. The summed E-state index contributed by atoms with van der Waals surface area (Å²) in [5, 5.41) is 18.2. The Labute approximate surface area is 156 Å². The maximum atomic E-state index is 13.0. The fourth-order valence-corrected chi connectivity index (χ4v) is 3.56. The van der Waals surface area contributed by atoms with E-state index in [1.807, 2.05) is 6.07 Å². The van der Waals surface area contributed by atoms with Crippen molar-refractivity contribution >= 4 is 11.7 Å². The van der Waals surface area contributed by atoms with Gasteiger partial charge < -0.3 is 4.90 Å². The zero-order valence-corrected chi connectivity index (χ0v) is 14.6. The molecule has 0 N–H and O–H groups in total. The van der Waals surface area contributed by atoms with Crippen molar-refractivity contribution in [3.05, 3.63) is 42.2 Å². The Hall–Kier alpha value is -3.49. The number of aromatic nitrogens is 2. The van der Waals surface area contributed by atoms with Crippen molar-refractivity contribution in [2.45, 2.75) is 6.04 Å². The first kappa shape index (κ1) is 17.0. The van der Waals surface area contributed by atoms with Crippen molar-refractivity contribution in [2.75, 3.05) is 37.6 Å². The zero-order chi connectivity index (χ0) is 18.8. The summed E-state index contributed by atoms with van der Waals surface area (Å²) < 4.78 is 0. The van der Waals surface area contributed by atoms with Gasteiger partial charge in [0.15, 0.2) is 6.19 Å². The topological polar surface area (TPSA) is 100 Å². The number of fused-ring (bicyclic) bond motifs is 1. The SMILES string of the molecule is N#Cc1cccc(-c2cc(N3CCN4CCN(C#N)CC4C3=O)ncn2)c1. The number of rotatable bonds is 2. The lowest BCUT2D eigenvalue weighted by atomic mass is 10.1. The van der Waals surface area contributed by atoms with E-state index in [2.05, 4.69) is 27.1 Å². The van der Waals surface area contributed by atoms with E-state index in [0.29, 0.717) is 43.3 Å². The third-order valence-electron chi connectivity index (χ3n) is 5.01. The van der Waals surface area contributed by atoms with Crippen LogP contribution in [0.4, 0.5) is 5.82 Å². The molecule has 2 aromatic rings. The van der Waals surface area contributed by atoms with Gasteiger partial charge in [0, 0.05) is 37.8 Å². The highest BCUT2D eigenvalue weighted by atomic mass is 16.2. The number of carbonyl (C=O) groups excluding carboxylic acids is 1. The average Bonchev–Trinajstić information content (AvgIpc) is 2.74. The molecule has 0 spiro atoms. The monoisotopic (exact) mass is 359 g/mol. The van der Waals surface area contributed by atoms with Crippen molar-refractivity contribution in [1.82, 2.24) is 19.8 Å². The van der Waals surface area contributed by atoms with E-state index >= 15 is 0 Å². The second-order valence-corrected chi connectivity index (χ2v) is 6.54. The van der Waals surface area contributed by atoms with Gasteiger partial charge in [-0.3, -0.25) is 14.6 Å². The van der Waals surface area contributed by atoms with Crippen LogP contribution in [0.25, 0.3) is 11.3 Å². The molecule has 27 heavy (non-hydrogen) atoms. The van der Waals surface area contributed by atoms with Gasteiger partial charge in [-0.25, -0.2) is 9.97 Å². The zero-order valence-electron chi connectivity index (χ0n) is 14.6. The molecule has 3 heterocycles. The Bertz CT molecular complexity index is 961.